The quantitative estimate of drug-likeness (QED) is 0.676. The van der Waals surface area contributed by atoms with E-state index in [4.69, 9.17) is 5.73 Å². The second kappa shape index (κ2) is 9.93. The maximum absolute atomic E-state index is 12.2. The van der Waals surface area contributed by atoms with E-state index < -0.39 is 5.54 Å². The molecule has 148 valence electrons. The molecule has 0 aliphatic heterocycles. The van der Waals surface area contributed by atoms with E-state index >= 15 is 0 Å². The lowest BCUT2D eigenvalue weighted by Crippen LogP contribution is -2.55. The first-order valence-electron chi connectivity index (χ1n) is 8.89. The minimum Gasteiger partial charge on any atom is -0.352 e. The highest BCUT2D eigenvalue weighted by Gasteiger charge is 2.28. The summed E-state index contributed by atoms with van der Waals surface area (Å²) in [6.45, 7) is 13.1. The molecule has 0 aromatic heterocycles. The molecule has 1 rings (SSSR count). The van der Waals surface area contributed by atoms with Crippen molar-refractivity contribution in [2.75, 3.05) is 13.1 Å². The molecule has 0 saturated carbocycles. The summed E-state index contributed by atoms with van der Waals surface area (Å²) in [4.78, 5) is 24.3. The van der Waals surface area contributed by atoms with Crippen LogP contribution in [0.5, 0.6) is 0 Å². The molecular weight excluding hydrogens is 350 g/mol. The van der Waals surface area contributed by atoms with E-state index in [1.807, 2.05) is 45.0 Å². The number of nitrogens with two attached hydrogens (primary N) is 1. The minimum absolute atomic E-state index is 0. The Morgan fingerprint density at radius 3 is 2.04 bits per heavy atom. The Morgan fingerprint density at radius 1 is 1.08 bits per heavy atom. The summed E-state index contributed by atoms with van der Waals surface area (Å²) >= 11 is 0. The lowest BCUT2D eigenvalue weighted by Gasteiger charge is -2.33. The molecule has 2 amide bonds. The van der Waals surface area contributed by atoms with Crippen molar-refractivity contribution in [2.24, 2.45) is 11.7 Å². The van der Waals surface area contributed by atoms with Gasteiger partial charge in [-0.3, -0.25) is 9.59 Å². The highest BCUT2D eigenvalue weighted by atomic mass is 35.5. The van der Waals surface area contributed by atoms with Crippen molar-refractivity contribution < 1.29 is 9.59 Å². The maximum atomic E-state index is 12.2. The average molecular weight is 384 g/mol. The van der Waals surface area contributed by atoms with Gasteiger partial charge in [0.2, 0.25) is 5.91 Å². The fraction of sp³-hybridized carbons (Fsp3) is 0.600. The first-order chi connectivity index (χ1) is 11.5. The number of halogens is 1. The van der Waals surface area contributed by atoms with E-state index in [2.05, 4.69) is 31.4 Å². The Balaban J connectivity index is 0.00000625. The molecule has 1 unspecified atom stereocenters. The van der Waals surface area contributed by atoms with Gasteiger partial charge in [0.15, 0.2) is 0 Å². The van der Waals surface area contributed by atoms with Crippen LogP contribution >= 0.6 is 12.4 Å². The Labute approximate surface area is 163 Å². The second-order valence-corrected chi connectivity index (χ2v) is 8.16. The molecule has 0 aliphatic rings. The van der Waals surface area contributed by atoms with Crippen LogP contribution in [0.1, 0.15) is 63.9 Å². The number of hydrogen-bond acceptors (Lipinski definition) is 3. The number of rotatable bonds is 7. The summed E-state index contributed by atoms with van der Waals surface area (Å²) in [6.07, 6.45) is 0.230. The molecule has 0 spiro atoms. The molecule has 0 radical (unpaired) electrons. The predicted octanol–water partition coefficient (Wildman–Crippen LogP) is 3.02. The third-order valence-electron chi connectivity index (χ3n) is 4.77. The van der Waals surface area contributed by atoms with Crippen LogP contribution in [0.25, 0.3) is 0 Å². The van der Waals surface area contributed by atoms with Crippen LogP contribution in [-0.2, 0) is 10.2 Å². The molecule has 6 heteroatoms. The molecule has 1 aromatic carbocycles. The first kappa shape index (κ1) is 24.4. The van der Waals surface area contributed by atoms with Crippen LogP contribution in [-0.4, -0.2) is 30.4 Å². The van der Waals surface area contributed by atoms with Gasteiger partial charge in [-0.25, -0.2) is 0 Å². The molecular formula is C20H34ClN3O2. The molecule has 0 fully saturated rings. The molecule has 1 aromatic rings. The first-order valence-corrected chi connectivity index (χ1v) is 8.89. The zero-order valence-corrected chi connectivity index (χ0v) is 17.6. The van der Waals surface area contributed by atoms with Gasteiger partial charge in [0.05, 0.1) is 5.54 Å². The van der Waals surface area contributed by atoms with Gasteiger partial charge in [0.25, 0.3) is 5.91 Å². The largest absolute Gasteiger partial charge is 0.352 e. The van der Waals surface area contributed by atoms with Crippen LogP contribution in [0.3, 0.4) is 0 Å². The Hall–Kier alpha value is -1.59. The van der Waals surface area contributed by atoms with Gasteiger partial charge in [-0.1, -0.05) is 46.8 Å². The number of hydrogen-bond donors (Lipinski definition) is 3. The lowest BCUT2D eigenvalue weighted by molar-refractivity contribution is -0.123. The third-order valence-corrected chi connectivity index (χ3v) is 4.77. The fourth-order valence-electron chi connectivity index (χ4n) is 2.33. The monoisotopic (exact) mass is 383 g/mol. The van der Waals surface area contributed by atoms with E-state index in [1.54, 1.807) is 0 Å². The zero-order chi connectivity index (χ0) is 19.3. The van der Waals surface area contributed by atoms with Crippen molar-refractivity contribution in [3.63, 3.8) is 0 Å². The van der Waals surface area contributed by atoms with Crippen molar-refractivity contribution in [1.29, 1.82) is 0 Å². The second-order valence-electron chi connectivity index (χ2n) is 8.16. The summed E-state index contributed by atoms with van der Waals surface area (Å²) < 4.78 is 0. The number of benzene rings is 1. The summed E-state index contributed by atoms with van der Waals surface area (Å²) in [5.41, 5.74) is 7.17. The van der Waals surface area contributed by atoms with Crippen LogP contribution in [0, 0.1) is 5.92 Å². The third kappa shape index (κ3) is 6.96. The van der Waals surface area contributed by atoms with Crippen LogP contribution in [0.15, 0.2) is 24.3 Å². The van der Waals surface area contributed by atoms with Crippen molar-refractivity contribution in [3.8, 4) is 0 Å². The van der Waals surface area contributed by atoms with Crippen LogP contribution < -0.4 is 16.4 Å². The van der Waals surface area contributed by atoms with Gasteiger partial charge in [-0.05, 0) is 36.0 Å². The summed E-state index contributed by atoms with van der Waals surface area (Å²) in [6, 6.07) is 7.58. The average Bonchev–Trinajstić information content (AvgIpc) is 2.53. The van der Waals surface area contributed by atoms with E-state index in [9.17, 15) is 9.59 Å². The molecule has 0 heterocycles. The van der Waals surface area contributed by atoms with E-state index in [-0.39, 0.29) is 42.0 Å². The van der Waals surface area contributed by atoms with Gasteiger partial charge in [-0.2, -0.15) is 0 Å². The smallest absolute Gasteiger partial charge is 0.251 e. The van der Waals surface area contributed by atoms with Crippen molar-refractivity contribution in [2.45, 2.75) is 58.9 Å². The topological polar surface area (TPSA) is 84.2 Å². The van der Waals surface area contributed by atoms with Gasteiger partial charge in [0, 0.05) is 25.1 Å². The Kier molecular flexibility index (Phi) is 9.32. The number of carbonyl (C=O) groups is 2. The fourth-order valence-corrected chi connectivity index (χ4v) is 2.33. The number of nitrogens with one attached hydrogen (secondary N) is 2. The van der Waals surface area contributed by atoms with Gasteiger partial charge < -0.3 is 16.4 Å². The minimum atomic E-state index is -0.427. The van der Waals surface area contributed by atoms with Crippen LogP contribution in [0.2, 0.25) is 0 Å². The van der Waals surface area contributed by atoms with E-state index in [0.29, 0.717) is 18.7 Å². The molecule has 0 bridgehead atoms. The highest BCUT2D eigenvalue weighted by Crippen LogP contribution is 2.22. The molecule has 5 nitrogen and oxygen atoms in total. The van der Waals surface area contributed by atoms with E-state index in [1.165, 1.54) is 5.56 Å². The van der Waals surface area contributed by atoms with Crippen molar-refractivity contribution in [1.82, 2.24) is 10.6 Å². The van der Waals surface area contributed by atoms with Gasteiger partial charge in [-0.15, -0.1) is 12.4 Å². The van der Waals surface area contributed by atoms with E-state index in [0.717, 1.165) is 0 Å². The van der Waals surface area contributed by atoms with Crippen LogP contribution in [0.4, 0.5) is 0 Å². The number of amides is 2. The Morgan fingerprint density at radius 2 is 1.62 bits per heavy atom. The standard InChI is InChI=1S/C20H33N3O2.ClH/c1-14(2)20(6,13-21)23-17(24)11-12-22-18(25)15-7-9-16(10-8-15)19(3,4)5;/h7-10,14H,11-13,21H2,1-6H3,(H,22,25)(H,23,24);1H. The van der Waals surface area contributed by atoms with Crippen molar-refractivity contribution >= 4 is 24.2 Å². The number of carbonyl (C=O) groups excluding carboxylic acids is 2. The summed E-state index contributed by atoms with van der Waals surface area (Å²) in [5, 5.41) is 5.75. The maximum Gasteiger partial charge on any atom is 0.251 e. The highest BCUT2D eigenvalue weighted by molar-refractivity contribution is 5.94. The predicted molar refractivity (Wildman–Crippen MR) is 110 cm³/mol. The van der Waals surface area contributed by atoms with Crippen molar-refractivity contribution in [3.05, 3.63) is 35.4 Å². The SMILES string of the molecule is CC(C)C(C)(CN)NC(=O)CCNC(=O)c1ccc(C(C)(C)C)cc1.Cl. The lowest BCUT2D eigenvalue weighted by atomic mass is 9.87. The summed E-state index contributed by atoms with van der Waals surface area (Å²) in [7, 11) is 0. The zero-order valence-electron chi connectivity index (χ0n) is 16.8. The molecule has 0 saturated heterocycles. The summed E-state index contributed by atoms with van der Waals surface area (Å²) in [5.74, 6) is -0.0406. The van der Waals surface area contributed by atoms with Gasteiger partial charge in [0.1, 0.15) is 0 Å². The normalized spacial score (nSPS) is 13.5. The molecule has 1 atom stereocenters. The molecule has 26 heavy (non-hydrogen) atoms. The Bertz CT molecular complexity index is 594. The molecule has 0 aliphatic carbocycles. The van der Waals surface area contributed by atoms with Gasteiger partial charge >= 0.3 is 0 Å². The molecule has 4 N–H and O–H groups in total.